The molecule has 0 aliphatic rings. The molecule has 132 valence electrons. The lowest BCUT2D eigenvalue weighted by atomic mass is 10.1. The van der Waals surface area contributed by atoms with Gasteiger partial charge in [0, 0.05) is 17.0 Å². The van der Waals surface area contributed by atoms with E-state index in [9.17, 15) is 14.9 Å². The first-order chi connectivity index (χ1) is 12.5. The van der Waals surface area contributed by atoms with Crippen molar-refractivity contribution in [2.75, 3.05) is 12.4 Å². The lowest BCUT2D eigenvalue weighted by Crippen LogP contribution is -2.13. The molecule has 3 rings (SSSR count). The van der Waals surface area contributed by atoms with Crippen LogP contribution in [-0.2, 0) is 0 Å². The van der Waals surface area contributed by atoms with Gasteiger partial charge in [-0.3, -0.25) is 20.2 Å². The number of nitrogens with zero attached hydrogens (tertiary/aromatic N) is 2. The molecule has 1 amide bonds. The molecule has 7 nitrogen and oxygen atoms in total. The van der Waals surface area contributed by atoms with E-state index < -0.39 is 10.8 Å². The smallest absolute Gasteiger partial charge is 0.282 e. The normalized spacial score (nSPS) is 10.4. The molecule has 1 N–H and O–H groups in total. The van der Waals surface area contributed by atoms with E-state index in [2.05, 4.69) is 10.3 Å². The zero-order chi connectivity index (χ0) is 18.7. The van der Waals surface area contributed by atoms with Crippen LogP contribution in [0.25, 0.3) is 11.3 Å². The van der Waals surface area contributed by atoms with E-state index in [-0.39, 0.29) is 11.3 Å². The molecule has 1 aromatic heterocycles. The molecule has 0 aliphatic carbocycles. The predicted octanol–water partition coefficient (Wildman–Crippen LogP) is 4.29. The number of benzene rings is 2. The molecule has 26 heavy (non-hydrogen) atoms. The van der Waals surface area contributed by atoms with Gasteiger partial charge < -0.3 is 4.74 Å². The van der Waals surface area contributed by atoms with Gasteiger partial charge in [0.05, 0.1) is 17.7 Å². The van der Waals surface area contributed by atoms with Crippen molar-refractivity contribution in [3.63, 3.8) is 0 Å². The van der Waals surface area contributed by atoms with Crippen molar-refractivity contribution in [1.82, 2.24) is 4.98 Å². The molecule has 2 aromatic carbocycles. The number of aromatic nitrogens is 1. The van der Waals surface area contributed by atoms with Gasteiger partial charge in [0.1, 0.15) is 11.3 Å². The number of hydrogen-bond donors (Lipinski definition) is 1. The van der Waals surface area contributed by atoms with E-state index in [1.165, 1.54) is 29.5 Å². The maximum atomic E-state index is 12.4. The van der Waals surface area contributed by atoms with E-state index in [1.807, 2.05) is 30.5 Å². The molecule has 8 heteroatoms. The van der Waals surface area contributed by atoms with Crippen LogP contribution in [0.3, 0.4) is 0 Å². The van der Waals surface area contributed by atoms with Crippen molar-refractivity contribution in [3.8, 4) is 17.0 Å². The summed E-state index contributed by atoms with van der Waals surface area (Å²) < 4.78 is 5.24. The number of carbonyl (C=O) groups is 1. The summed E-state index contributed by atoms with van der Waals surface area (Å²) in [6.45, 7) is 1.94. The van der Waals surface area contributed by atoms with E-state index in [1.54, 1.807) is 13.2 Å². The number of nitro benzene ring substituents is 1. The van der Waals surface area contributed by atoms with Gasteiger partial charge in [-0.15, -0.1) is 11.3 Å². The Balaban J connectivity index is 1.82. The number of carbonyl (C=O) groups excluding carboxylic acids is 1. The van der Waals surface area contributed by atoms with Gasteiger partial charge in [0.2, 0.25) is 0 Å². The maximum Gasteiger partial charge on any atom is 0.282 e. The molecule has 0 fully saturated rings. The highest BCUT2D eigenvalue weighted by Gasteiger charge is 2.20. The molecule has 0 spiro atoms. The van der Waals surface area contributed by atoms with Crippen LogP contribution in [0.15, 0.2) is 47.8 Å². The van der Waals surface area contributed by atoms with Gasteiger partial charge in [-0.1, -0.05) is 12.1 Å². The number of nitro groups is 1. The van der Waals surface area contributed by atoms with Crippen LogP contribution in [0.4, 0.5) is 10.8 Å². The third kappa shape index (κ3) is 3.55. The SMILES string of the molecule is COc1ccc(-c2csc(NC(=O)c3ccccc3[N+](=O)[O-])n2)cc1C. The second-order valence-corrected chi connectivity index (χ2v) is 6.31. The fourth-order valence-electron chi connectivity index (χ4n) is 2.49. The van der Waals surface area contributed by atoms with Crippen LogP contribution in [0.5, 0.6) is 5.75 Å². The molecule has 0 saturated heterocycles. The van der Waals surface area contributed by atoms with Crippen LogP contribution in [-0.4, -0.2) is 22.9 Å². The van der Waals surface area contributed by atoms with Gasteiger partial charge >= 0.3 is 0 Å². The first-order valence-corrected chi connectivity index (χ1v) is 8.53. The molecule has 0 radical (unpaired) electrons. The topological polar surface area (TPSA) is 94.4 Å². The number of para-hydroxylation sites is 1. The summed E-state index contributed by atoms with van der Waals surface area (Å²) in [5.74, 6) is 0.220. The second kappa shape index (κ2) is 7.32. The Kier molecular flexibility index (Phi) is 4.94. The predicted molar refractivity (Wildman–Crippen MR) is 99.9 cm³/mol. The fourth-order valence-corrected chi connectivity index (χ4v) is 3.21. The number of methoxy groups -OCH3 is 1. The van der Waals surface area contributed by atoms with E-state index >= 15 is 0 Å². The van der Waals surface area contributed by atoms with Crippen molar-refractivity contribution < 1.29 is 14.5 Å². The molecule has 0 unspecified atom stereocenters. The number of hydrogen-bond acceptors (Lipinski definition) is 6. The summed E-state index contributed by atoms with van der Waals surface area (Å²) in [5.41, 5.74) is 2.33. The van der Waals surface area contributed by atoms with Crippen molar-refractivity contribution in [3.05, 3.63) is 69.1 Å². The molecule has 0 saturated carbocycles. The monoisotopic (exact) mass is 369 g/mol. The number of rotatable bonds is 5. The average molecular weight is 369 g/mol. The molecule has 0 atom stereocenters. The maximum absolute atomic E-state index is 12.4. The highest BCUT2D eigenvalue weighted by atomic mass is 32.1. The van der Waals surface area contributed by atoms with E-state index in [0.717, 1.165) is 16.9 Å². The lowest BCUT2D eigenvalue weighted by molar-refractivity contribution is -0.385. The third-order valence-electron chi connectivity index (χ3n) is 3.76. The lowest BCUT2D eigenvalue weighted by Gasteiger charge is -2.05. The number of ether oxygens (including phenoxy) is 1. The minimum Gasteiger partial charge on any atom is -0.496 e. The molecule has 0 bridgehead atoms. The van der Waals surface area contributed by atoms with Crippen LogP contribution < -0.4 is 10.1 Å². The highest BCUT2D eigenvalue weighted by Crippen LogP contribution is 2.29. The Bertz CT molecular complexity index is 984. The summed E-state index contributed by atoms with van der Waals surface area (Å²) >= 11 is 1.25. The molecule has 1 heterocycles. The number of anilines is 1. The summed E-state index contributed by atoms with van der Waals surface area (Å²) in [6, 6.07) is 11.5. The van der Waals surface area contributed by atoms with Gasteiger partial charge in [-0.2, -0.15) is 0 Å². The first-order valence-electron chi connectivity index (χ1n) is 7.65. The Morgan fingerprint density at radius 3 is 2.73 bits per heavy atom. The highest BCUT2D eigenvalue weighted by molar-refractivity contribution is 7.14. The van der Waals surface area contributed by atoms with Gasteiger partial charge in [-0.05, 0) is 36.8 Å². The number of thiazole rings is 1. The summed E-state index contributed by atoms with van der Waals surface area (Å²) in [7, 11) is 1.61. The van der Waals surface area contributed by atoms with E-state index in [0.29, 0.717) is 10.8 Å². The molecular weight excluding hydrogens is 354 g/mol. The summed E-state index contributed by atoms with van der Waals surface area (Å²) in [6.07, 6.45) is 0. The average Bonchev–Trinajstić information content (AvgIpc) is 3.10. The third-order valence-corrected chi connectivity index (χ3v) is 4.52. The van der Waals surface area contributed by atoms with E-state index in [4.69, 9.17) is 4.74 Å². The van der Waals surface area contributed by atoms with Crippen molar-refractivity contribution in [1.29, 1.82) is 0 Å². The minimum absolute atomic E-state index is 0.00505. The van der Waals surface area contributed by atoms with Gasteiger partial charge in [-0.25, -0.2) is 4.98 Å². The Morgan fingerprint density at radius 1 is 1.27 bits per heavy atom. The van der Waals surface area contributed by atoms with Crippen LogP contribution >= 0.6 is 11.3 Å². The van der Waals surface area contributed by atoms with Gasteiger partial charge in [0.15, 0.2) is 5.13 Å². The van der Waals surface area contributed by atoms with Crippen molar-refractivity contribution in [2.45, 2.75) is 6.92 Å². The summed E-state index contributed by atoms with van der Waals surface area (Å²) in [5, 5.41) is 15.9. The fraction of sp³-hybridized carbons (Fsp3) is 0.111. The quantitative estimate of drug-likeness (QED) is 0.535. The first kappa shape index (κ1) is 17.6. The van der Waals surface area contributed by atoms with Crippen LogP contribution in [0.2, 0.25) is 0 Å². The zero-order valence-corrected chi connectivity index (χ0v) is 14.9. The number of amides is 1. The molecular formula is C18H15N3O4S. The zero-order valence-electron chi connectivity index (χ0n) is 14.1. The van der Waals surface area contributed by atoms with Crippen LogP contribution in [0, 0.1) is 17.0 Å². The molecule has 0 aliphatic heterocycles. The van der Waals surface area contributed by atoms with Crippen LogP contribution in [0.1, 0.15) is 15.9 Å². The number of aryl methyl sites for hydroxylation is 1. The summed E-state index contributed by atoms with van der Waals surface area (Å²) in [4.78, 5) is 27.2. The number of nitrogens with one attached hydrogen (secondary N) is 1. The van der Waals surface area contributed by atoms with Crippen molar-refractivity contribution >= 4 is 28.1 Å². The van der Waals surface area contributed by atoms with Crippen molar-refractivity contribution in [2.24, 2.45) is 0 Å². The Hall–Kier alpha value is -3.26. The van der Waals surface area contributed by atoms with Gasteiger partial charge in [0.25, 0.3) is 11.6 Å². The largest absolute Gasteiger partial charge is 0.496 e. The Labute approximate surface area is 153 Å². The Morgan fingerprint density at radius 2 is 2.04 bits per heavy atom. The molecule has 3 aromatic rings. The second-order valence-electron chi connectivity index (χ2n) is 5.45. The minimum atomic E-state index is -0.581. The standard InChI is InChI=1S/C18H15N3O4S/c1-11-9-12(7-8-16(11)25-2)14-10-26-18(19-14)20-17(22)13-5-3-4-6-15(13)21(23)24/h3-10H,1-2H3,(H,19,20,22).